The molecule has 2 rings (SSSR count). The second kappa shape index (κ2) is 6.96. The Morgan fingerprint density at radius 1 is 1.40 bits per heavy atom. The van der Waals surface area contributed by atoms with Gasteiger partial charge in [0.1, 0.15) is 11.6 Å². The minimum absolute atomic E-state index is 0.0551. The van der Waals surface area contributed by atoms with E-state index in [2.05, 4.69) is 10.2 Å². The van der Waals surface area contributed by atoms with Crippen LogP contribution in [0.4, 0.5) is 0 Å². The normalized spacial score (nSPS) is 10.5. The first kappa shape index (κ1) is 15.1. The quantitative estimate of drug-likeness (QED) is 0.482. The Bertz CT molecular complexity index is 614. The third kappa shape index (κ3) is 3.65. The van der Waals surface area contributed by atoms with Gasteiger partial charge in [-0.3, -0.25) is 5.41 Å². The van der Waals surface area contributed by atoms with Crippen LogP contribution < -0.4 is 10.5 Å². The Kier molecular flexibility index (Phi) is 5.27. The minimum atomic E-state index is 0.0551. The molecule has 0 aliphatic carbocycles. The van der Waals surface area contributed by atoms with Crippen molar-refractivity contribution in [2.24, 2.45) is 5.73 Å². The molecule has 0 fully saturated rings. The fourth-order valence-corrected chi connectivity index (χ4v) is 3.95. The van der Waals surface area contributed by atoms with Crippen LogP contribution in [0.15, 0.2) is 26.9 Å². The van der Waals surface area contributed by atoms with Crippen LogP contribution in [0, 0.1) is 5.41 Å². The molecule has 1 heterocycles. The lowest BCUT2D eigenvalue weighted by atomic mass is 10.1. The van der Waals surface area contributed by atoms with Crippen molar-refractivity contribution < 1.29 is 4.74 Å². The van der Waals surface area contributed by atoms with E-state index in [0.717, 1.165) is 20.0 Å². The standard InChI is InChI=1S/C12H14N4OS3/c1-17-9-4-3-7(10(13)14)5-8(9)6-19-12-16-15-11(18-2)20-12/h3-5H,6H2,1-2H3,(H3,13,14). The maximum Gasteiger partial charge on any atom is 0.175 e. The van der Waals surface area contributed by atoms with Gasteiger partial charge in [-0.1, -0.05) is 34.9 Å². The van der Waals surface area contributed by atoms with Crippen LogP contribution in [-0.4, -0.2) is 29.4 Å². The number of benzene rings is 1. The SMILES string of the molecule is COc1ccc(C(=N)N)cc1CSc1nnc(SC)s1. The monoisotopic (exact) mass is 326 g/mol. The number of thioether (sulfide) groups is 2. The molecule has 3 N–H and O–H groups in total. The zero-order valence-electron chi connectivity index (χ0n) is 11.0. The van der Waals surface area contributed by atoms with Crippen molar-refractivity contribution in [1.29, 1.82) is 5.41 Å². The molecule has 0 amide bonds. The average molecular weight is 326 g/mol. The van der Waals surface area contributed by atoms with Crippen LogP contribution in [-0.2, 0) is 5.75 Å². The molecular formula is C12H14N4OS3. The van der Waals surface area contributed by atoms with Gasteiger partial charge in [-0.05, 0) is 24.5 Å². The third-order valence-electron chi connectivity index (χ3n) is 2.51. The van der Waals surface area contributed by atoms with Crippen LogP contribution in [0.1, 0.15) is 11.1 Å². The number of hydrogen-bond donors (Lipinski definition) is 2. The van der Waals surface area contributed by atoms with E-state index in [1.807, 2.05) is 18.4 Å². The van der Waals surface area contributed by atoms with Crippen molar-refractivity contribution in [3.8, 4) is 5.75 Å². The number of nitrogens with zero attached hydrogens (tertiary/aromatic N) is 2. The molecule has 20 heavy (non-hydrogen) atoms. The third-order valence-corrected chi connectivity index (χ3v) is 5.59. The van der Waals surface area contributed by atoms with Crippen LogP contribution in [0.5, 0.6) is 5.75 Å². The Labute approximate surface area is 129 Å². The van der Waals surface area contributed by atoms with Crippen LogP contribution in [0.3, 0.4) is 0 Å². The summed E-state index contributed by atoms with van der Waals surface area (Å²) in [4.78, 5) is 0. The van der Waals surface area contributed by atoms with Crippen molar-refractivity contribution in [3.63, 3.8) is 0 Å². The summed E-state index contributed by atoms with van der Waals surface area (Å²) in [6, 6.07) is 5.50. The van der Waals surface area contributed by atoms with Gasteiger partial charge in [0.05, 0.1) is 7.11 Å². The summed E-state index contributed by atoms with van der Waals surface area (Å²) in [5.41, 5.74) is 7.20. The van der Waals surface area contributed by atoms with Crippen molar-refractivity contribution >= 4 is 40.7 Å². The number of nitrogens with one attached hydrogen (secondary N) is 1. The number of nitrogens with two attached hydrogens (primary N) is 1. The van der Waals surface area contributed by atoms with E-state index in [1.54, 1.807) is 48.0 Å². The summed E-state index contributed by atoms with van der Waals surface area (Å²) < 4.78 is 7.21. The van der Waals surface area contributed by atoms with E-state index in [1.165, 1.54) is 0 Å². The minimum Gasteiger partial charge on any atom is -0.496 e. The van der Waals surface area contributed by atoms with E-state index in [9.17, 15) is 0 Å². The first-order valence-electron chi connectivity index (χ1n) is 5.65. The van der Waals surface area contributed by atoms with Crippen molar-refractivity contribution in [2.45, 2.75) is 14.4 Å². The molecule has 1 aromatic carbocycles. The predicted octanol–water partition coefficient (Wildman–Crippen LogP) is 2.84. The van der Waals surface area contributed by atoms with E-state index < -0.39 is 0 Å². The largest absolute Gasteiger partial charge is 0.496 e. The van der Waals surface area contributed by atoms with E-state index in [4.69, 9.17) is 15.9 Å². The lowest BCUT2D eigenvalue weighted by Crippen LogP contribution is -2.11. The van der Waals surface area contributed by atoms with Gasteiger partial charge >= 0.3 is 0 Å². The zero-order valence-corrected chi connectivity index (χ0v) is 13.5. The summed E-state index contributed by atoms with van der Waals surface area (Å²) >= 11 is 4.76. The number of rotatable bonds is 6. The van der Waals surface area contributed by atoms with Gasteiger partial charge in [0, 0.05) is 16.9 Å². The molecule has 0 radical (unpaired) electrons. The molecule has 2 aromatic rings. The van der Waals surface area contributed by atoms with E-state index >= 15 is 0 Å². The molecule has 0 saturated carbocycles. The number of ether oxygens (including phenoxy) is 1. The number of aromatic nitrogens is 2. The highest BCUT2D eigenvalue weighted by Crippen LogP contribution is 2.32. The van der Waals surface area contributed by atoms with E-state index in [-0.39, 0.29) is 5.84 Å². The molecule has 0 saturated heterocycles. The Morgan fingerprint density at radius 3 is 2.75 bits per heavy atom. The zero-order chi connectivity index (χ0) is 14.5. The fourth-order valence-electron chi connectivity index (χ4n) is 1.54. The lowest BCUT2D eigenvalue weighted by molar-refractivity contribution is 0.411. The van der Waals surface area contributed by atoms with Crippen LogP contribution >= 0.6 is 34.9 Å². The topological polar surface area (TPSA) is 84.9 Å². The van der Waals surface area contributed by atoms with Gasteiger partial charge in [0.15, 0.2) is 8.68 Å². The van der Waals surface area contributed by atoms with Crippen LogP contribution in [0.25, 0.3) is 0 Å². The number of nitrogen functional groups attached to an aromatic ring is 1. The number of amidine groups is 1. The lowest BCUT2D eigenvalue weighted by Gasteiger charge is -2.09. The molecule has 106 valence electrons. The molecule has 0 atom stereocenters. The predicted molar refractivity (Wildman–Crippen MR) is 85.3 cm³/mol. The average Bonchev–Trinajstić information content (AvgIpc) is 2.92. The Balaban J connectivity index is 2.14. The molecule has 0 bridgehead atoms. The van der Waals surface area contributed by atoms with Gasteiger partial charge in [-0.15, -0.1) is 10.2 Å². The van der Waals surface area contributed by atoms with Gasteiger partial charge in [-0.2, -0.15) is 0 Å². The summed E-state index contributed by atoms with van der Waals surface area (Å²) in [6.45, 7) is 0. The molecule has 0 aliphatic rings. The van der Waals surface area contributed by atoms with E-state index in [0.29, 0.717) is 11.3 Å². The summed E-state index contributed by atoms with van der Waals surface area (Å²) in [5, 5.41) is 15.7. The second-order valence-corrected chi connectivity index (χ2v) is 7.02. The summed E-state index contributed by atoms with van der Waals surface area (Å²) in [7, 11) is 1.63. The summed E-state index contributed by atoms with van der Waals surface area (Å²) in [6.07, 6.45) is 1.98. The van der Waals surface area contributed by atoms with Crippen LogP contribution in [0.2, 0.25) is 0 Å². The van der Waals surface area contributed by atoms with Crippen molar-refractivity contribution in [1.82, 2.24) is 10.2 Å². The maximum absolute atomic E-state index is 7.49. The number of methoxy groups -OCH3 is 1. The van der Waals surface area contributed by atoms with Crippen molar-refractivity contribution in [3.05, 3.63) is 29.3 Å². The Hall–Kier alpha value is -1.25. The molecule has 8 heteroatoms. The molecule has 0 spiro atoms. The van der Waals surface area contributed by atoms with Gasteiger partial charge in [-0.25, -0.2) is 0 Å². The second-order valence-electron chi connectivity index (χ2n) is 3.77. The molecule has 1 aromatic heterocycles. The first-order valence-corrected chi connectivity index (χ1v) is 8.68. The smallest absolute Gasteiger partial charge is 0.175 e. The first-order chi connectivity index (χ1) is 9.63. The van der Waals surface area contributed by atoms with Gasteiger partial charge < -0.3 is 10.5 Å². The molecule has 5 nitrogen and oxygen atoms in total. The van der Waals surface area contributed by atoms with Gasteiger partial charge in [0.2, 0.25) is 0 Å². The molecule has 0 unspecified atom stereocenters. The highest BCUT2D eigenvalue weighted by atomic mass is 32.2. The van der Waals surface area contributed by atoms with Gasteiger partial charge in [0.25, 0.3) is 0 Å². The van der Waals surface area contributed by atoms with Crippen molar-refractivity contribution in [2.75, 3.05) is 13.4 Å². The number of hydrogen-bond acceptors (Lipinski definition) is 7. The highest BCUT2D eigenvalue weighted by molar-refractivity contribution is 8.02. The molecule has 0 aliphatic heterocycles. The molecular weight excluding hydrogens is 312 g/mol. The maximum atomic E-state index is 7.49. The Morgan fingerprint density at radius 2 is 2.15 bits per heavy atom. The highest BCUT2D eigenvalue weighted by Gasteiger charge is 2.09. The fraction of sp³-hybridized carbons (Fsp3) is 0.250. The summed E-state index contributed by atoms with van der Waals surface area (Å²) in [5.74, 6) is 1.55.